The summed E-state index contributed by atoms with van der Waals surface area (Å²) in [4.78, 5) is 28.6. The predicted octanol–water partition coefficient (Wildman–Crippen LogP) is 1.91. The van der Waals surface area contributed by atoms with E-state index in [1.807, 2.05) is 6.07 Å². The van der Waals surface area contributed by atoms with Crippen molar-refractivity contribution in [2.75, 3.05) is 19.8 Å². The monoisotopic (exact) mass is 437 g/mol. The molecule has 4 aromatic rings. The number of aromatic nitrogens is 6. The fraction of sp³-hybridized carbons (Fsp3) is 0.286. The van der Waals surface area contributed by atoms with Crippen LogP contribution in [0.3, 0.4) is 0 Å². The van der Waals surface area contributed by atoms with Gasteiger partial charge < -0.3 is 19.8 Å². The van der Waals surface area contributed by atoms with Crippen molar-refractivity contribution in [3.8, 4) is 11.1 Å². The molecule has 0 bridgehead atoms. The summed E-state index contributed by atoms with van der Waals surface area (Å²) in [5.41, 5.74) is 2.99. The molecule has 0 saturated carbocycles. The number of imidazole rings is 1. The van der Waals surface area contributed by atoms with Gasteiger partial charge in [-0.05, 0) is 29.3 Å². The third-order valence-corrected chi connectivity index (χ3v) is 5.09. The number of hydrogen-bond acceptors (Lipinski definition) is 7. The smallest absolute Gasteiger partial charge is 0.272 e. The van der Waals surface area contributed by atoms with Crippen LogP contribution in [-0.4, -0.2) is 55.4 Å². The number of rotatable bonds is 5. The van der Waals surface area contributed by atoms with Gasteiger partial charge in [0.05, 0.1) is 26.0 Å². The average Bonchev–Trinajstić information content (AvgIpc) is 3.44. The normalized spacial score (nSPS) is 16.4. The van der Waals surface area contributed by atoms with Crippen molar-refractivity contribution in [2.24, 2.45) is 7.05 Å². The zero-order valence-electron chi connectivity index (χ0n) is 17.2. The first-order valence-corrected chi connectivity index (χ1v) is 10.0. The Balaban J connectivity index is 1.35. The second-order valence-electron chi connectivity index (χ2n) is 7.41. The Morgan fingerprint density at radius 3 is 2.97 bits per heavy atom. The molecule has 4 heterocycles. The maximum Gasteiger partial charge on any atom is 0.272 e. The van der Waals surface area contributed by atoms with Gasteiger partial charge in [-0.1, -0.05) is 0 Å². The molecule has 10 nitrogen and oxygen atoms in total. The van der Waals surface area contributed by atoms with E-state index in [9.17, 15) is 9.18 Å². The lowest BCUT2D eigenvalue weighted by Crippen LogP contribution is -2.24. The number of nitrogens with zero attached hydrogens (tertiary/aromatic N) is 5. The summed E-state index contributed by atoms with van der Waals surface area (Å²) in [6.45, 7) is 1.49. The number of H-pyrrole nitrogens is 1. The van der Waals surface area contributed by atoms with Crippen molar-refractivity contribution in [2.45, 2.75) is 12.6 Å². The summed E-state index contributed by atoms with van der Waals surface area (Å²) in [5.74, 6) is -0.297. The second-order valence-corrected chi connectivity index (χ2v) is 7.41. The van der Waals surface area contributed by atoms with E-state index in [-0.39, 0.29) is 18.3 Å². The molecule has 0 aliphatic carbocycles. The molecule has 1 atom stereocenters. The summed E-state index contributed by atoms with van der Waals surface area (Å²) in [6, 6.07) is 4.62. The summed E-state index contributed by atoms with van der Waals surface area (Å²) >= 11 is 0. The molecule has 0 spiro atoms. The van der Waals surface area contributed by atoms with Crippen molar-refractivity contribution in [3.63, 3.8) is 0 Å². The quantitative estimate of drug-likeness (QED) is 0.489. The van der Waals surface area contributed by atoms with E-state index in [1.54, 1.807) is 24.1 Å². The van der Waals surface area contributed by atoms with Crippen LogP contribution < -0.4 is 5.32 Å². The Morgan fingerprint density at radius 2 is 2.19 bits per heavy atom. The van der Waals surface area contributed by atoms with Gasteiger partial charge in [-0.15, -0.1) is 0 Å². The highest BCUT2D eigenvalue weighted by Crippen LogP contribution is 2.23. The first-order valence-electron chi connectivity index (χ1n) is 10.0. The van der Waals surface area contributed by atoms with Gasteiger partial charge in [-0.25, -0.2) is 19.3 Å². The molecule has 1 amide bonds. The van der Waals surface area contributed by atoms with Crippen LogP contribution in [0.15, 0.2) is 36.9 Å². The van der Waals surface area contributed by atoms with Crippen LogP contribution in [0.1, 0.15) is 28.0 Å². The molecule has 1 aliphatic heterocycles. The van der Waals surface area contributed by atoms with Gasteiger partial charge in [-0.2, -0.15) is 5.10 Å². The number of hydrogen-bond donors (Lipinski definition) is 2. The molecule has 11 heteroatoms. The molecule has 1 aromatic carbocycles. The van der Waals surface area contributed by atoms with Crippen LogP contribution >= 0.6 is 0 Å². The lowest BCUT2D eigenvalue weighted by Gasteiger charge is -2.20. The Kier molecular flexibility index (Phi) is 5.33. The SMILES string of the molecule is Cn1cc(-c2cc(F)cc(CNC(=O)c3ncnc4nc(C5COCCO5)[nH]c34)c2)cn1. The highest BCUT2D eigenvalue weighted by Gasteiger charge is 2.23. The van der Waals surface area contributed by atoms with Gasteiger partial charge in [0.25, 0.3) is 5.91 Å². The van der Waals surface area contributed by atoms with E-state index in [0.717, 1.165) is 5.56 Å². The van der Waals surface area contributed by atoms with Crippen molar-refractivity contribution < 1.29 is 18.7 Å². The molecule has 32 heavy (non-hydrogen) atoms. The number of benzene rings is 1. The maximum absolute atomic E-state index is 14.2. The van der Waals surface area contributed by atoms with Gasteiger partial charge >= 0.3 is 0 Å². The largest absolute Gasteiger partial charge is 0.376 e. The molecule has 1 saturated heterocycles. The van der Waals surface area contributed by atoms with Crippen molar-refractivity contribution in [1.82, 2.24) is 35.0 Å². The Hall–Kier alpha value is -3.70. The number of aryl methyl sites for hydroxylation is 1. The number of carbonyl (C=O) groups is 1. The fourth-order valence-corrected chi connectivity index (χ4v) is 3.57. The predicted molar refractivity (Wildman–Crippen MR) is 111 cm³/mol. The Morgan fingerprint density at radius 1 is 1.28 bits per heavy atom. The summed E-state index contributed by atoms with van der Waals surface area (Å²) in [6.07, 6.45) is 4.38. The van der Waals surface area contributed by atoms with Gasteiger partial charge in [0.15, 0.2) is 11.3 Å². The number of amides is 1. The van der Waals surface area contributed by atoms with Crippen molar-refractivity contribution in [1.29, 1.82) is 0 Å². The van der Waals surface area contributed by atoms with Crippen LogP contribution in [0.5, 0.6) is 0 Å². The third kappa shape index (κ3) is 4.07. The number of aromatic amines is 1. The van der Waals surface area contributed by atoms with E-state index in [2.05, 4.69) is 30.4 Å². The number of ether oxygens (including phenoxy) is 2. The number of carbonyl (C=O) groups excluding carboxylic acids is 1. The lowest BCUT2D eigenvalue weighted by atomic mass is 10.1. The molecular weight excluding hydrogens is 417 g/mol. The maximum atomic E-state index is 14.2. The zero-order chi connectivity index (χ0) is 22.1. The number of halogens is 1. The minimum atomic E-state index is -0.430. The number of nitrogens with one attached hydrogen (secondary N) is 2. The standard InChI is InChI=1S/C21H20FN7O3/c1-29-9-14(8-26-29)13-4-12(5-15(22)6-13)7-23-21(30)18-17-20(25-11-24-18)28-19(27-17)16-10-31-2-3-32-16/h4-6,8-9,11,16H,2-3,7,10H2,1H3,(H,23,30)(H,24,25,27,28). The van der Waals surface area contributed by atoms with E-state index >= 15 is 0 Å². The minimum Gasteiger partial charge on any atom is -0.376 e. The first kappa shape index (κ1) is 20.2. The Labute approximate surface area is 181 Å². The summed E-state index contributed by atoms with van der Waals surface area (Å²) in [5, 5.41) is 6.90. The van der Waals surface area contributed by atoms with Crippen molar-refractivity contribution >= 4 is 17.1 Å². The zero-order valence-corrected chi connectivity index (χ0v) is 17.2. The van der Waals surface area contributed by atoms with Crippen LogP contribution in [-0.2, 0) is 23.1 Å². The second kappa shape index (κ2) is 8.44. The topological polar surface area (TPSA) is 120 Å². The summed E-state index contributed by atoms with van der Waals surface area (Å²) in [7, 11) is 1.79. The Bertz CT molecular complexity index is 1280. The lowest BCUT2D eigenvalue weighted by molar-refractivity contribution is -0.0931. The molecule has 1 unspecified atom stereocenters. The van der Waals surface area contributed by atoms with Crippen LogP contribution in [0.25, 0.3) is 22.3 Å². The van der Waals surface area contributed by atoms with Gasteiger partial charge in [0, 0.05) is 25.4 Å². The molecule has 164 valence electrons. The molecule has 0 radical (unpaired) electrons. The molecule has 5 rings (SSSR count). The molecule has 2 N–H and O–H groups in total. The van der Waals surface area contributed by atoms with Crippen LogP contribution in [0, 0.1) is 5.82 Å². The minimum absolute atomic E-state index is 0.121. The van der Waals surface area contributed by atoms with E-state index in [0.29, 0.717) is 47.9 Å². The first-order chi connectivity index (χ1) is 15.6. The highest BCUT2D eigenvalue weighted by atomic mass is 19.1. The van der Waals surface area contributed by atoms with Crippen LogP contribution in [0.2, 0.25) is 0 Å². The highest BCUT2D eigenvalue weighted by molar-refractivity contribution is 6.02. The van der Waals surface area contributed by atoms with Gasteiger partial charge in [-0.3, -0.25) is 9.48 Å². The molecular formula is C21H20FN7O3. The van der Waals surface area contributed by atoms with Crippen molar-refractivity contribution in [3.05, 3.63) is 59.8 Å². The average molecular weight is 437 g/mol. The number of fused-ring (bicyclic) bond motifs is 1. The molecule has 1 aliphatic rings. The molecule has 1 fully saturated rings. The van der Waals surface area contributed by atoms with E-state index in [1.165, 1.54) is 18.5 Å². The molecule has 3 aromatic heterocycles. The summed E-state index contributed by atoms with van der Waals surface area (Å²) < 4.78 is 26.9. The van der Waals surface area contributed by atoms with E-state index < -0.39 is 11.7 Å². The van der Waals surface area contributed by atoms with Gasteiger partial charge in [0.2, 0.25) is 0 Å². The third-order valence-electron chi connectivity index (χ3n) is 5.09. The van der Waals surface area contributed by atoms with Gasteiger partial charge in [0.1, 0.15) is 29.6 Å². The fourth-order valence-electron chi connectivity index (χ4n) is 3.57. The van der Waals surface area contributed by atoms with Crippen LogP contribution in [0.4, 0.5) is 4.39 Å². The van der Waals surface area contributed by atoms with E-state index in [4.69, 9.17) is 9.47 Å².